The molecule has 0 radical (unpaired) electrons. The zero-order valence-electron chi connectivity index (χ0n) is 27.1. The second kappa shape index (κ2) is 13.7. The Hall–Kier alpha value is -4.75. The van der Waals surface area contributed by atoms with Gasteiger partial charge in [-0.05, 0) is 24.1 Å². The van der Waals surface area contributed by atoms with E-state index in [1.54, 1.807) is 0 Å². The van der Waals surface area contributed by atoms with Crippen LogP contribution in [0.15, 0.2) is 65.2 Å². The van der Waals surface area contributed by atoms with Crippen LogP contribution in [0, 0.1) is 24.2 Å². The third-order valence-corrected chi connectivity index (χ3v) is 9.37. The Morgan fingerprint density at radius 3 is 2.26 bits per heavy atom. The predicted molar refractivity (Wildman–Crippen MR) is 179 cm³/mol. The van der Waals surface area contributed by atoms with E-state index in [1.807, 2.05) is 24.3 Å². The van der Waals surface area contributed by atoms with Crippen LogP contribution < -0.4 is 9.80 Å². The van der Waals surface area contributed by atoms with Crippen LogP contribution in [0.2, 0.25) is 0 Å². The van der Waals surface area contributed by atoms with Crippen molar-refractivity contribution in [2.24, 2.45) is 11.3 Å². The number of likely N-dealkylation sites (N-methyl/N-ethyl adjacent to an activating group) is 1. The van der Waals surface area contributed by atoms with Crippen LogP contribution in [0.1, 0.15) is 38.4 Å². The normalized spacial score (nSPS) is 18.0. The number of carbonyl (C=O) groups excluding carboxylic acids is 2. The first kappa shape index (κ1) is 32.6. The number of ether oxygens (including phenoxy) is 1. The lowest BCUT2D eigenvalue weighted by molar-refractivity contribution is -0.822. The minimum Gasteiger partial charge on any atom is -0.471 e. The Balaban J connectivity index is 0.000000647. The van der Waals surface area contributed by atoms with E-state index in [0.29, 0.717) is 16.7 Å². The molecule has 7 rings (SSSR count). The van der Waals surface area contributed by atoms with Crippen molar-refractivity contribution in [1.29, 1.82) is 0 Å². The van der Waals surface area contributed by atoms with E-state index in [2.05, 4.69) is 100 Å². The highest BCUT2D eigenvalue weighted by Crippen LogP contribution is 2.44. The SMILES string of the molecule is C#C.CC(C)C(C(=O)[N+]1(C)CCCC1)c1cc(N2CC3(CN(c4ccc5cc(-c6ccccc6)nnc5c4)C3)C2)no1.COC=O. The van der Waals surface area contributed by atoms with Crippen LogP contribution in [0.25, 0.3) is 22.2 Å². The van der Waals surface area contributed by atoms with Crippen molar-refractivity contribution in [2.45, 2.75) is 32.6 Å². The topological polar surface area (TPSA) is 102 Å². The number of quaternary nitrogens is 1. The third kappa shape index (κ3) is 6.46. The first-order valence-corrected chi connectivity index (χ1v) is 15.7. The lowest BCUT2D eigenvalue weighted by Gasteiger charge is -2.61. The Bertz CT molecular complexity index is 1660. The molecule has 2 aromatic heterocycles. The number of benzene rings is 2. The Morgan fingerprint density at radius 1 is 0.978 bits per heavy atom. The fraction of sp³-hybridized carbons (Fsp3) is 0.417. The van der Waals surface area contributed by atoms with Gasteiger partial charge in [-0.25, -0.2) is 4.79 Å². The molecular weight excluding hydrogens is 580 g/mol. The number of hydrogen-bond acceptors (Lipinski definition) is 9. The summed E-state index contributed by atoms with van der Waals surface area (Å²) in [6, 6.07) is 20.8. The number of rotatable bonds is 7. The van der Waals surface area contributed by atoms with Crippen LogP contribution in [0.3, 0.4) is 0 Å². The smallest absolute Gasteiger partial charge is 0.324 e. The maximum atomic E-state index is 13.5. The summed E-state index contributed by atoms with van der Waals surface area (Å²) in [5, 5.41) is 14.5. The monoisotopic (exact) mass is 623 g/mol. The van der Waals surface area contributed by atoms with Crippen LogP contribution in [-0.4, -0.2) is 85.6 Å². The summed E-state index contributed by atoms with van der Waals surface area (Å²) in [7, 11) is 3.39. The average Bonchev–Trinajstić information content (AvgIpc) is 3.71. The number of likely N-dealkylation sites (tertiary alicyclic amines) is 1. The van der Waals surface area contributed by atoms with E-state index in [4.69, 9.17) is 9.32 Å². The maximum absolute atomic E-state index is 13.5. The molecule has 1 spiro atoms. The van der Waals surface area contributed by atoms with E-state index >= 15 is 0 Å². The van der Waals surface area contributed by atoms with E-state index in [9.17, 15) is 4.79 Å². The molecule has 0 bridgehead atoms. The van der Waals surface area contributed by atoms with Gasteiger partial charge >= 0.3 is 5.91 Å². The zero-order valence-corrected chi connectivity index (χ0v) is 27.1. The van der Waals surface area contributed by atoms with Gasteiger partial charge in [-0.3, -0.25) is 9.28 Å². The molecule has 1 amide bonds. The summed E-state index contributed by atoms with van der Waals surface area (Å²) in [6.45, 7) is 10.4. The summed E-state index contributed by atoms with van der Waals surface area (Å²) in [5.74, 6) is 1.75. The number of carbonyl (C=O) groups is 2. The summed E-state index contributed by atoms with van der Waals surface area (Å²) in [4.78, 5) is 27.2. The van der Waals surface area contributed by atoms with Crippen molar-refractivity contribution in [2.75, 3.05) is 63.2 Å². The second-order valence-corrected chi connectivity index (χ2v) is 13.1. The predicted octanol–water partition coefficient (Wildman–Crippen LogP) is 5.16. The molecule has 46 heavy (non-hydrogen) atoms. The minimum absolute atomic E-state index is 0.170. The van der Waals surface area contributed by atoms with Gasteiger partial charge in [0.2, 0.25) is 0 Å². The molecule has 3 saturated heterocycles. The van der Waals surface area contributed by atoms with Crippen molar-refractivity contribution in [3.05, 3.63) is 66.4 Å². The summed E-state index contributed by atoms with van der Waals surface area (Å²) >= 11 is 0. The van der Waals surface area contributed by atoms with Crippen molar-refractivity contribution < 1.29 is 23.3 Å². The van der Waals surface area contributed by atoms with Gasteiger partial charge in [-0.2, -0.15) is 0 Å². The first-order chi connectivity index (χ1) is 22.2. The molecule has 2 aromatic carbocycles. The lowest BCUT2D eigenvalue weighted by atomic mass is 9.72. The molecule has 3 aliphatic rings. The number of fused-ring (bicyclic) bond motifs is 1. The third-order valence-electron chi connectivity index (χ3n) is 9.37. The van der Waals surface area contributed by atoms with E-state index in [-0.39, 0.29) is 23.2 Å². The van der Waals surface area contributed by atoms with Crippen LogP contribution in [0.4, 0.5) is 11.5 Å². The number of amides is 1. The van der Waals surface area contributed by atoms with Crippen molar-refractivity contribution in [3.63, 3.8) is 0 Å². The fourth-order valence-corrected chi connectivity index (χ4v) is 6.94. The molecule has 0 saturated carbocycles. The number of methoxy groups -OCH3 is 1. The highest BCUT2D eigenvalue weighted by atomic mass is 16.5. The molecule has 0 N–H and O–H groups in total. The van der Waals surface area contributed by atoms with Gasteiger partial charge in [-0.15, -0.1) is 23.0 Å². The van der Waals surface area contributed by atoms with Gasteiger partial charge in [0, 0.05) is 67.1 Å². The van der Waals surface area contributed by atoms with E-state index < -0.39 is 0 Å². The molecule has 1 unspecified atom stereocenters. The molecule has 1 atom stereocenters. The Labute approximate surface area is 270 Å². The molecular formula is C36H43N6O4+. The number of anilines is 2. The zero-order chi connectivity index (χ0) is 32.9. The van der Waals surface area contributed by atoms with Gasteiger partial charge in [0.25, 0.3) is 6.47 Å². The Kier molecular flexibility index (Phi) is 9.73. The highest BCUT2D eigenvalue weighted by molar-refractivity contribution is 5.85. The number of terminal acetylenes is 1. The van der Waals surface area contributed by atoms with Gasteiger partial charge in [-0.1, -0.05) is 55.4 Å². The molecule has 240 valence electrons. The van der Waals surface area contributed by atoms with Crippen molar-refractivity contribution in [1.82, 2.24) is 15.4 Å². The molecule has 10 heteroatoms. The number of nitrogens with zero attached hydrogens (tertiary/aromatic N) is 6. The first-order valence-electron chi connectivity index (χ1n) is 15.7. The van der Waals surface area contributed by atoms with Gasteiger partial charge < -0.3 is 19.1 Å². The van der Waals surface area contributed by atoms with E-state index in [1.165, 1.54) is 12.8 Å². The molecule has 4 aromatic rings. The molecule has 0 aliphatic carbocycles. The van der Waals surface area contributed by atoms with E-state index in [0.717, 1.165) is 80.1 Å². The second-order valence-electron chi connectivity index (χ2n) is 13.1. The molecule has 5 heterocycles. The van der Waals surface area contributed by atoms with Gasteiger partial charge in [0.15, 0.2) is 11.6 Å². The minimum atomic E-state index is -0.251. The molecule has 3 fully saturated rings. The molecule has 3 aliphatic heterocycles. The number of aromatic nitrogens is 3. The quantitative estimate of drug-likeness (QED) is 0.157. The van der Waals surface area contributed by atoms with Crippen molar-refractivity contribution >= 4 is 34.8 Å². The average molecular weight is 624 g/mol. The van der Waals surface area contributed by atoms with Crippen LogP contribution >= 0.6 is 0 Å². The van der Waals surface area contributed by atoms with Crippen LogP contribution in [0.5, 0.6) is 0 Å². The van der Waals surface area contributed by atoms with Gasteiger partial charge in [0.1, 0.15) is 5.92 Å². The summed E-state index contributed by atoms with van der Waals surface area (Å²) in [5.41, 5.74) is 4.36. The maximum Gasteiger partial charge on any atom is 0.324 e. The lowest BCUT2D eigenvalue weighted by Crippen LogP contribution is -2.72. The van der Waals surface area contributed by atoms with Crippen LogP contribution in [-0.2, 0) is 14.3 Å². The Morgan fingerprint density at radius 2 is 1.63 bits per heavy atom. The number of hydrogen-bond donors (Lipinski definition) is 0. The largest absolute Gasteiger partial charge is 0.471 e. The fourth-order valence-electron chi connectivity index (χ4n) is 6.94. The van der Waals surface area contributed by atoms with Crippen molar-refractivity contribution in [3.8, 4) is 24.1 Å². The van der Waals surface area contributed by atoms with Gasteiger partial charge in [0.05, 0.1) is 38.5 Å². The summed E-state index contributed by atoms with van der Waals surface area (Å²) in [6.07, 6.45) is 10.2. The standard InChI is InChI=1S/C32H37N6O2.C2H4O2.C2H2/c1-22(2)30(31(39)38(3)13-7-8-14-38)28-17-29(35-40-28)37-20-32(21-37)18-36(19-32)25-12-11-24-15-26(33-34-27(24)16-25)23-9-5-4-6-10-23;1-4-2-3;1-2/h4-6,9-12,15-17,22,30H,7-8,13-14,18-21H2,1-3H3;2H,1H3;1-2H/q+1;;. The molecule has 10 nitrogen and oxygen atoms in total. The highest BCUT2D eigenvalue weighted by Gasteiger charge is 2.53. The summed E-state index contributed by atoms with van der Waals surface area (Å²) < 4.78 is 10.2.